The summed E-state index contributed by atoms with van der Waals surface area (Å²) in [4.78, 5) is 26.1. The van der Waals surface area contributed by atoms with Gasteiger partial charge in [0, 0.05) is 48.9 Å². The van der Waals surface area contributed by atoms with Gasteiger partial charge in [0.15, 0.2) is 0 Å². The van der Waals surface area contributed by atoms with E-state index in [9.17, 15) is 4.79 Å². The number of carbonyl (C=O) groups is 1. The van der Waals surface area contributed by atoms with Crippen LogP contribution in [0.3, 0.4) is 0 Å². The normalized spacial score (nSPS) is 14.1. The Morgan fingerprint density at radius 2 is 1.70 bits per heavy atom. The maximum absolute atomic E-state index is 12.9. The van der Waals surface area contributed by atoms with E-state index in [4.69, 9.17) is 11.6 Å². The summed E-state index contributed by atoms with van der Waals surface area (Å²) in [7, 11) is 0. The second-order valence-electron chi connectivity index (χ2n) is 8.30. The van der Waals surface area contributed by atoms with E-state index in [0.29, 0.717) is 30.3 Å². The molecule has 1 amide bonds. The highest BCUT2D eigenvalue weighted by Crippen LogP contribution is 2.27. The van der Waals surface area contributed by atoms with Gasteiger partial charge >= 0.3 is 0 Å². The predicted molar refractivity (Wildman–Crippen MR) is 129 cm³/mol. The Morgan fingerprint density at radius 1 is 0.970 bits per heavy atom. The van der Waals surface area contributed by atoms with Gasteiger partial charge in [0.1, 0.15) is 12.1 Å². The Balaban J connectivity index is 1.36. The van der Waals surface area contributed by atoms with E-state index in [1.165, 1.54) is 5.56 Å². The number of carbonyl (C=O) groups excluding carboxylic acids is 1. The van der Waals surface area contributed by atoms with Gasteiger partial charge in [0.05, 0.1) is 6.42 Å². The number of hydrogen-bond donors (Lipinski definition) is 0. The summed E-state index contributed by atoms with van der Waals surface area (Å²) < 4.78 is 1.83. The lowest BCUT2D eigenvalue weighted by Crippen LogP contribution is -2.50. The predicted octanol–water partition coefficient (Wildman–Crippen LogP) is 3.57. The van der Waals surface area contributed by atoms with Gasteiger partial charge in [-0.2, -0.15) is 14.6 Å². The van der Waals surface area contributed by atoms with Crippen molar-refractivity contribution in [1.29, 1.82) is 0 Å². The standard InChI is InChI=1S/C25H25ClN6O/c1-18-22(15-19-5-3-2-4-6-19)24(32-25(29-18)27-17-28-32)31-13-11-30(12-14-31)23(33)16-20-7-9-21(26)10-8-20/h2-10,17H,11-16H2,1H3. The molecule has 168 valence electrons. The highest BCUT2D eigenvalue weighted by Gasteiger charge is 2.26. The summed E-state index contributed by atoms with van der Waals surface area (Å²) >= 11 is 5.96. The van der Waals surface area contributed by atoms with Gasteiger partial charge in [-0.15, -0.1) is 0 Å². The van der Waals surface area contributed by atoms with Crippen LogP contribution in [-0.2, 0) is 17.6 Å². The van der Waals surface area contributed by atoms with Crippen molar-refractivity contribution in [2.75, 3.05) is 31.1 Å². The SMILES string of the molecule is Cc1nc2ncnn2c(N2CCN(C(=O)Cc3ccc(Cl)cc3)CC2)c1Cc1ccccc1. The van der Waals surface area contributed by atoms with Crippen molar-refractivity contribution < 1.29 is 4.79 Å². The Kier molecular flexibility index (Phi) is 5.96. The van der Waals surface area contributed by atoms with Crippen LogP contribution in [0.25, 0.3) is 5.78 Å². The van der Waals surface area contributed by atoms with Gasteiger partial charge in [-0.25, -0.2) is 4.98 Å². The Hall–Kier alpha value is -3.45. The first-order valence-electron chi connectivity index (χ1n) is 11.1. The maximum atomic E-state index is 12.9. The minimum atomic E-state index is 0.137. The van der Waals surface area contributed by atoms with Crippen molar-refractivity contribution in [3.05, 3.63) is 88.3 Å². The number of aromatic nitrogens is 4. The van der Waals surface area contributed by atoms with Gasteiger partial charge in [0.25, 0.3) is 5.78 Å². The second-order valence-corrected chi connectivity index (χ2v) is 8.74. The van der Waals surface area contributed by atoms with Crippen molar-refractivity contribution in [3.63, 3.8) is 0 Å². The number of piperazine rings is 1. The molecule has 8 heteroatoms. The fraction of sp³-hybridized carbons (Fsp3) is 0.280. The molecule has 1 fully saturated rings. The molecular weight excluding hydrogens is 436 g/mol. The quantitative estimate of drug-likeness (QED) is 0.455. The van der Waals surface area contributed by atoms with Crippen LogP contribution in [0.4, 0.5) is 5.82 Å². The molecule has 0 bridgehead atoms. The van der Waals surface area contributed by atoms with Gasteiger partial charge in [-0.1, -0.05) is 54.1 Å². The summed E-state index contributed by atoms with van der Waals surface area (Å²) in [6.07, 6.45) is 2.70. The molecule has 4 aromatic rings. The molecule has 5 rings (SSSR count). The van der Waals surface area contributed by atoms with E-state index in [-0.39, 0.29) is 5.91 Å². The van der Waals surface area contributed by atoms with Crippen molar-refractivity contribution in [2.45, 2.75) is 19.8 Å². The van der Waals surface area contributed by atoms with Crippen LogP contribution in [0.1, 0.15) is 22.4 Å². The van der Waals surface area contributed by atoms with Crippen molar-refractivity contribution >= 4 is 29.1 Å². The number of benzene rings is 2. The minimum absolute atomic E-state index is 0.137. The molecule has 2 aromatic carbocycles. The number of anilines is 1. The van der Waals surface area contributed by atoms with Gasteiger partial charge in [-0.3, -0.25) is 4.79 Å². The third-order valence-corrected chi connectivity index (χ3v) is 6.38. The third kappa shape index (κ3) is 4.54. The first-order chi connectivity index (χ1) is 16.1. The first kappa shape index (κ1) is 21.4. The van der Waals surface area contributed by atoms with E-state index >= 15 is 0 Å². The molecule has 33 heavy (non-hydrogen) atoms. The molecular formula is C25H25ClN6O. The smallest absolute Gasteiger partial charge is 0.254 e. The molecule has 0 radical (unpaired) electrons. The highest BCUT2D eigenvalue weighted by molar-refractivity contribution is 6.30. The van der Waals surface area contributed by atoms with E-state index in [1.54, 1.807) is 6.33 Å². The molecule has 0 aliphatic carbocycles. The topological polar surface area (TPSA) is 66.6 Å². The average molecular weight is 461 g/mol. The average Bonchev–Trinajstić information content (AvgIpc) is 3.29. The number of fused-ring (bicyclic) bond motifs is 1. The molecule has 0 unspecified atom stereocenters. The highest BCUT2D eigenvalue weighted by atomic mass is 35.5. The van der Waals surface area contributed by atoms with Gasteiger partial charge in [-0.05, 0) is 30.2 Å². The first-order valence-corrected chi connectivity index (χ1v) is 11.5. The van der Waals surface area contributed by atoms with Crippen LogP contribution in [0, 0.1) is 6.92 Å². The lowest BCUT2D eigenvalue weighted by atomic mass is 10.0. The molecule has 1 aliphatic rings. The molecule has 0 N–H and O–H groups in total. The number of hydrogen-bond acceptors (Lipinski definition) is 5. The Labute approximate surface area is 197 Å². The van der Waals surface area contributed by atoms with Gasteiger partial charge < -0.3 is 9.80 Å². The zero-order chi connectivity index (χ0) is 22.8. The summed E-state index contributed by atoms with van der Waals surface area (Å²) in [5, 5.41) is 5.14. The van der Waals surface area contributed by atoms with E-state index in [0.717, 1.165) is 42.1 Å². The molecule has 7 nitrogen and oxygen atoms in total. The zero-order valence-electron chi connectivity index (χ0n) is 18.5. The maximum Gasteiger partial charge on any atom is 0.254 e. The van der Waals surface area contributed by atoms with E-state index < -0.39 is 0 Å². The number of nitrogens with zero attached hydrogens (tertiary/aromatic N) is 6. The van der Waals surface area contributed by atoms with Crippen LogP contribution >= 0.6 is 11.6 Å². The number of aryl methyl sites for hydroxylation is 1. The van der Waals surface area contributed by atoms with E-state index in [1.807, 2.05) is 46.7 Å². The number of amides is 1. The number of halogens is 1. The monoisotopic (exact) mass is 460 g/mol. The fourth-order valence-electron chi connectivity index (χ4n) is 4.36. The fourth-order valence-corrected chi connectivity index (χ4v) is 4.48. The van der Waals surface area contributed by atoms with Crippen molar-refractivity contribution in [3.8, 4) is 0 Å². The largest absolute Gasteiger partial charge is 0.353 e. The molecule has 1 aliphatic heterocycles. The van der Waals surface area contributed by atoms with Crippen molar-refractivity contribution in [2.24, 2.45) is 0 Å². The third-order valence-electron chi connectivity index (χ3n) is 6.13. The Morgan fingerprint density at radius 3 is 2.42 bits per heavy atom. The molecule has 2 aromatic heterocycles. The van der Waals surface area contributed by atoms with Crippen LogP contribution in [0.15, 0.2) is 60.9 Å². The minimum Gasteiger partial charge on any atom is -0.353 e. The zero-order valence-corrected chi connectivity index (χ0v) is 19.2. The molecule has 0 saturated carbocycles. The van der Waals surface area contributed by atoms with Gasteiger partial charge in [0.2, 0.25) is 5.91 Å². The van der Waals surface area contributed by atoms with Crippen LogP contribution in [-0.4, -0.2) is 56.6 Å². The molecule has 1 saturated heterocycles. The van der Waals surface area contributed by atoms with Crippen LogP contribution in [0.5, 0.6) is 0 Å². The summed E-state index contributed by atoms with van der Waals surface area (Å²) in [5.74, 6) is 1.75. The summed E-state index contributed by atoms with van der Waals surface area (Å²) in [5.41, 5.74) is 4.29. The molecule has 0 spiro atoms. The lowest BCUT2D eigenvalue weighted by molar-refractivity contribution is -0.130. The lowest BCUT2D eigenvalue weighted by Gasteiger charge is -2.37. The van der Waals surface area contributed by atoms with Crippen LogP contribution < -0.4 is 4.90 Å². The second kappa shape index (κ2) is 9.19. The van der Waals surface area contributed by atoms with Crippen molar-refractivity contribution in [1.82, 2.24) is 24.5 Å². The summed E-state index contributed by atoms with van der Waals surface area (Å²) in [6, 6.07) is 17.9. The Bertz CT molecular complexity index is 1260. The van der Waals surface area contributed by atoms with E-state index in [2.05, 4.69) is 44.2 Å². The van der Waals surface area contributed by atoms with Crippen LogP contribution in [0.2, 0.25) is 5.02 Å². The number of rotatable bonds is 5. The molecule has 3 heterocycles. The summed E-state index contributed by atoms with van der Waals surface area (Å²) in [6.45, 7) is 4.81. The molecule has 0 atom stereocenters.